The van der Waals surface area contributed by atoms with Crippen LogP contribution in [0.5, 0.6) is 0 Å². The normalized spacial score (nSPS) is 18.5. The van der Waals surface area contributed by atoms with Crippen LogP contribution >= 0.6 is 11.6 Å². The minimum atomic E-state index is -0.624. The van der Waals surface area contributed by atoms with Gasteiger partial charge < -0.3 is 10.1 Å². The van der Waals surface area contributed by atoms with Crippen LogP contribution in [0.15, 0.2) is 53.5 Å². The topological polar surface area (TPSA) is 50.7 Å². The highest BCUT2D eigenvalue weighted by Gasteiger charge is 2.30. The van der Waals surface area contributed by atoms with Crippen molar-refractivity contribution >= 4 is 28.9 Å². The van der Waals surface area contributed by atoms with E-state index in [0.717, 1.165) is 16.8 Å². The number of anilines is 1. The first-order valence-electron chi connectivity index (χ1n) is 7.37. The molecule has 1 heterocycles. The number of aliphatic imine (C=N–C) groups is 1. The van der Waals surface area contributed by atoms with Crippen LogP contribution in [-0.4, -0.2) is 30.9 Å². The quantitative estimate of drug-likeness (QED) is 0.937. The molecule has 2 aromatic carbocycles. The summed E-state index contributed by atoms with van der Waals surface area (Å²) in [6, 6.07) is 14.5. The Labute approximate surface area is 140 Å². The van der Waals surface area contributed by atoms with Gasteiger partial charge in [0.1, 0.15) is 0 Å². The van der Waals surface area contributed by atoms with E-state index in [0.29, 0.717) is 10.7 Å². The largest absolute Gasteiger partial charge is 0.379 e. The van der Waals surface area contributed by atoms with Crippen molar-refractivity contribution in [1.29, 1.82) is 0 Å². The lowest BCUT2D eigenvalue weighted by molar-refractivity contribution is -0.119. The third-order valence-corrected chi connectivity index (χ3v) is 4.13. The monoisotopic (exact) mass is 328 g/mol. The highest BCUT2D eigenvalue weighted by Crippen LogP contribution is 2.28. The molecule has 23 heavy (non-hydrogen) atoms. The van der Waals surface area contributed by atoms with Gasteiger partial charge in [-0.1, -0.05) is 41.9 Å². The summed E-state index contributed by atoms with van der Waals surface area (Å²) in [5, 5.41) is 3.52. The number of carbonyl (C=O) groups is 1. The van der Waals surface area contributed by atoms with Gasteiger partial charge in [0.05, 0.1) is 17.5 Å². The van der Waals surface area contributed by atoms with Crippen molar-refractivity contribution in [2.24, 2.45) is 4.99 Å². The van der Waals surface area contributed by atoms with Gasteiger partial charge in [-0.25, -0.2) is 0 Å². The number of hydrogen-bond acceptors (Lipinski definition) is 3. The Kier molecular flexibility index (Phi) is 4.46. The van der Waals surface area contributed by atoms with Crippen LogP contribution in [0.2, 0.25) is 5.02 Å². The van der Waals surface area contributed by atoms with Crippen molar-refractivity contribution in [1.82, 2.24) is 0 Å². The predicted molar refractivity (Wildman–Crippen MR) is 92.4 cm³/mol. The van der Waals surface area contributed by atoms with E-state index >= 15 is 0 Å². The standard InChI is InChI=1S/C18H17ClN2O2/c1-11(23-2)16-18(22)20-15-9-8-13(19)10-14(15)17(21-16)12-6-4-3-5-7-12/h3-11,16H,1-2H3,(H,20,22)/t11?,16-/m0/s1. The van der Waals surface area contributed by atoms with Crippen molar-refractivity contribution in [2.75, 3.05) is 12.4 Å². The van der Waals surface area contributed by atoms with Crippen LogP contribution in [0.25, 0.3) is 0 Å². The van der Waals surface area contributed by atoms with Crippen molar-refractivity contribution in [3.05, 3.63) is 64.7 Å². The molecule has 0 saturated heterocycles. The van der Waals surface area contributed by atoms with Crippen molar-refractivity contribution in [2.45, 2.75) is 19.1 Å². The number of methoxy groups -OCH3 is 1. The minimum absolute atomic E-state index is 0.186. The van der Waals surface area contributed by atoms with Crippen molar-refractivity contribution in [3.63, 3.8) is 0 Å². The number of amides is 1. The van der Waals surface area contributed by atoms with Crippen molar-refractivity contribution < 1.29 is 9.53 Å². The number of benzodiazepines with no additional fused rings is 1. The molecule has 1 N–H and O–H groups in total. The molecule has 2 atom stereocenters. The molecule has 0 aromatic heterocycles. The second-order valence-corrected chi connectivity index (χ2v) is 5.84. The summed E-state index contributed by atoms with van der Waals surface area (Å²) in [5.41, 5.74) is 3.17. The number of rotatable bonds is 3. The van der Waals surface area contributed by atoms with Gasteiger partial charge in [-0.2, -0.15) is 0 Å². The van der Waals surface area contributed by atoms with E-state index in [9.17, 15) is 4.79 Å². The maximum atomic E-state index is 12.5. The van der Waals surface area contributed by atoms with E-state index in [1.165, 1.54) is 0 Å². The fourth-order valence-electron chi connectivity index (χ4n) is 2.57. The summed E-state index contributed by atoms with van der Waals surface area (Å²) in [6.45, 7) is 1.83. The van der Waals surface area contributed by atoms with Gasteiger partial charge in [-0.3, -0.25) is 9.79 Å². The van der Waals surface area contributed by atoms with Gasteiger partial charge >= 0.3 is 0 Å². The molecular formula is C18H17ClN2O2. The lowest BCUT2D eigenvalue weighted by atomic mass is 10.0. The highest BCUT2D eigenvalue weighted by atomic mass is 35.5. The zero-order chi connectivity index (χ0) is 16.4. The Morgan fingerprint density at radius 3 is 2.65 bits per heavy atom. The second kappa shape index (κ2) is 6.52. The Morgan fingerprint density at radius 1 is 1.22 bits per heavy atom. The average Bonchev–Trinajstić information content (AvgIpc) is 2.71. The molecule has 5 heteroatoms. The fourth-order valence-corrected chi connectivity index (χ4v) is 2.74. The molecule has 1 amide bonds. The molecule has 0 bridgehead atoms. The third kappa shape index (κ3) is 3.14. The van der Waals surface area contributed by atoms with Crippen LogP contribution in [-0.2, 0) is 9.53 Å². The van der Waals surface area contributed by atoms with Gasteiger partial charge in [0.15, 0.2) is 6.04 Å². The molecule has 0 spiro atoms. The molecule has 1 aliphatic heterocycles. The van der Waals surface area contributed by atoms with Gasteiger partial charge in [0.2, 0.25) is 0 Å². The average molecular weight is 329 g/mol. The Hall–Kier alpha value is -2.17. The third-order valence-electron chi connectivity index (χ3n) is 3.90. The second-order valence-electron chi connectivity index (χ2n) is 5.41. The van der Waals surface area contributed by atoms with Crippen LogP contribution in [0.3, 0.4) is 0 Å². The van der Waals surface area contributed by atoms with Crippen LogP contribution in [0, 0.1) is 0 Å². The molecular weight excluding hydrogens is 312 g/mol. The van der Waals surface area contributed by atoms with Crippen LogP contribution < -0.4 is 5.32 Å². The number of hydrogen-bond donors (Lipinski definition) is 1. The van der Waals surface area contributed by atoms with Crippen molar-refractivity contribution in [3.8, 4) is 0 Å². The molecule has 4 nitrogen and oxygen atoms in total. The molecule has 2 aromatic rings. The molecule has 1 aliphatic rings. The number of nitrogens with one attached hydrogen (secondary N) is 1. The van der Waals surface area contributed by atoms with Gasteiger partial charge in [0, 0.05) is 23.3 Å². The first kappa shape index (κ1) is 15.7. The fraction of sp³-hybridized carbons (Fsp3) is 0.222. The summed E-state index contributed by atoms with van der Waals surface area (Å²) in [6.07, 6.45) is -0.335. The lowest BCUT2D eigenvalue weighted by Gasteiger charge is -2.17. The number of carbonyl (C=O) groups excluding carboxylic acids is 1. The summed E-state index contributed by atoms with van der Waals surface area (Å²) >= 11 is 6.15. The molecule has 0 radical (unpaired) electrons. The van der Waals surface area contributed by atoms with E-state index in [4.69, 9.17) is 21.3 Å². The number of halogens is 1. The van der Waals surface area contributed by atoms with Gasteiger partial charge in [0.25, 0.3) is 5.91 Å². The van der Waals surface area contributed by atoms with Crippen LogP contribution in [0.1, 0.15) is 18.1 Å². The van der Waals surface area contributed by atoms with E-state index in [1.54, 1.807) is 19.2 Å². The highest BCUT2D eigenvalue weighted by molar-refractivity contribution is 6.32. The zero-order valence-corrected chi connectivity index (χ0v) is 13.7. The molecule has 118 valence electrons. The van der Waals surface area contributed by atoms with Gasteiger partial charge in [-0.05, 0) is 25.1 Å². The maximum absolute atomic E-state index is 12.5. The molecule has 3 rings (SSSR count). The summed E-state index contributed by atoms with van der Waals surface area (Å²) in [7, 11) is 1.57. The zero-order valence-electron chi connectivity index (χ0n) is 12.9. The van der Waals surface area contributed by atoms with E-state index in [-0.39, 0.29) is 12.0 Å². The number of benzene rings is 2. The van der Waals surface area contributed by atoms with E-state index in [1.807, 2.05) is 43.3 Å². The van der Waals surface area contributed by atoms with E-state index in [2.05, 4.69) is 5.32 Å². The van der Waals surface area contributed by atoms with Gasteiger partial charge in [-0.15, -0.1) is 0 Å². The Morgan fingerprint density at radius 2 is 1.96 bits per heavy atom. The first-order valence-corrected chi connectivity index (χ1v) is 7.74. The minimum Gasteiger partial charge on any atom is -0.379 e. The molecule has 0 saturated carbocycles. The molecule has 1 unspecified atom stereocenters. The summed E-state index contributed by atoms with van der Waals surface area (Å²) < 4.78 is 5.33. The smallest absolute Gasteiger partial charge is 0.251 e. The number of fused-ring (bicyclic) bond motifs is 1. The van der Waals surface area contributed by atoms with E-state index < -0.39 is 6.04 Å². The maximum Gasteiger partial charge on any atom is 0.251 e. The lowest BCUT2D eigenvalue weighted by Crippen LogP contribution is -2.35. The summed E-state index contributed by atoms with van der Waals surface area (Å²) in [4.78, 5) is 17.2. The molecule has 0 fully saturated rings. The predicted octanol–water partition coefficient (Wildman–Crippen LogP) is 3.53. The SMILES string of the molecule is COC(C)[C@@H]1N=C(c2ccccc2)c2cc(Cl)ccc2NC1=O. The Bertz CT molecular complexity index is 759. The number of ether oxygens (including phenoxy) is 1. The number of nitrogens with zero attached hydrogens (tertiary/aromatic N) is 1. The molecule has 0 aliphatic carbocycles. The Balaban J connectivity index is 2.21. The summed E-state index contributed by atoms with van der Waals surface area (Å²) in [5.74, 6) is -0.186. The van der Waals surface area contributed by atoms with Crippen LogP contribution in [0.4, 0.5) is 5.69 Å². The first-order chi connectivity index (χ1) is 11.1.